The van der Waals surface area contributed by atoms with Gasteiger partial charge in [-0.05, 0) is 6.08 Å². The number of aldehydes is 1. The molecule has 0 atom stereocenters. The van der Waals surface area contributed by atoms with Crippen LogP contribution < -0.4 is 0 Å². The monoisotopic (exact) mass is 106 g/mol. The molecule has 0 spiro atoms. The summed E-state index contributed by atoms with van der Waals surface area (Å²) in [6.07, 6.45) is 8.44. The van der Waals surface area contributed by atoms with E-state index in [9.17, 15) is 4.79 Å². The van der Waals surface area contributed by atoms with Gasteiger partial charge in [0.2, 0.25) is 0 Å². The number of carbonyl (C=O) groups excluding carboxylic acids is 1. The van der Waals surface area contributed by atoms with Crippen molar-refractivity contribution in [1.82, 2.24) is 0 Å². The van der Waals surface area contributed by atoms with Crippen LogP contribution in [0.2, 0.25) is 0 Å². The van der Waals surface area contributed by atoms with Gasteiger partial charge in [0.25, 0.3) is 0 Å². The van der Waals surface area contributed by atoms with Crippen LogP contribution in [0, 0.1) is 12.3 Å². The first-order chi connectivity index (χ1) is 3.85. The van der Waals surface area contributed by atoms with Crippen LogP contribution in [0.15, 0.2) is 24.3 Å². The molecule has 0 saturated carbocycles. The summed E-state index contributed by atoms with van der Waals surface area (Å²) >= 11 is 0. The average Bonchev–Trinajstić information content (AvgIpc) is 1.83. The molecule has 0 unspecified atom stereocenters. The zero-order valence-corrected chi connectivity index (χ0v) is 4.42. The summed E-state index contributed by atoms with van der Waals surface area (Å²) in [5, 5.41) is 0. The lowest BCUT2D eigenvalue weighted by molar-refractivity contribution is -0.104. The van der Waals surface area contributed by atoms with Crippen LogP contribution >= 0.6 is 0 Å². The van der Waals surface area contributed by atoms with Crippen molar-refractivity contribution in [3.05, 3.63) is 24.3 Å². The van der Waals surface area contributed by atoms with Gasteiger partial charge in [0.05, 0.1) is 5.57 Å². The molecule has 0 rings (SSSR count). The number of terminal acetylenes is 1. The smallest absolute Gasteiger partial charge is 0.158 e. The molecule has 0 aromatic carbocycles. The summed E-state index contributed by atoms with van der Waals surface area (Å²) in [5.41, 5.74) is 0.319. The molecule has 0 heterocycles. The van der Waals surface area contributed by atoms with E-state index in [0.29, 0.717) is 11.9 Å². The molecule has 0 amide bonds. The van der Waals surface area contributed by atoms with Crippen LogP contribution in [0.3, 0.4) is 0 Å². The average molecular weight is 106 g/mol. The van der Waals surface area contributed by atoms with Crippen molar-refractivity contribution in [3.8, 4) is 12.3 Å². The van der Waals surface area contributed by atoms with E-state index in [2.05, 4.69) is 12.5 Å². The van der Waals surface area contributed by atoms with Crippen molar-refractivity contribution in [2.24, 2.45) is 0 Å². The topological polar surface area (TPSA) is 17.1 Å². The van der Waals surface area contributed by atoms with Crippen LogP contribution in [-0.2, 0) is 4.79 Å². The van der Waals surface area contributed by atoms with Crippen molar-refractivity contribution < 1.29 is 4.79 Å². The van der Waals surface area contributed by atoms with Crippen LogP contribution in [0.25, 0.3) is 0 Å². The molecule has 0 aromatic heterocycles. The highest BCUT2D eigenvalue weighted by atomic mass is 16.1. The molecule has 0 aromatic rings. The Morgan fingerprint density at radius 3 is 2.50 bits per heavy atom. The minimum absolute atomic E-state index is 0.319. The second-order valence-corrected chi connectivity index (χ2v) is 1.12. The maximum absolute atomic E-state index is 9.87. The van der Waals surface area contributed by atoms with E-state index in [1.54, 1.807) is 0 Å². The van der Waals surface area contributed by atoms with Gasteiger partial charge in [0.15, 0.2) is 6.29 Å². The van der Waals surface area contributed by atoms with Crippen LogP contribution in [-0.4, -0.2) is 6.29 Å². The molecule has 0 aliphatic heterocycles. The molecular weight excluding hydrogens is 100 g/mol. The highest BCUT2D eigenvalue weighted by Gasteiger charge is 1.79. The fraction of sp³-hybridized carbons (Fsp3) is 0. The van der Waals surface area contributed by atoms with Crippen LogP contribution in [0.4, 0.5) is 0 Å². The van der Waals surface area contributed by atoms with E-state index in [1.165, 1.54) is 12.2 Å². The lowest BCUT2D eigenvalue weighted by Gasteiger charge is -1.75. The predicted octanol–water partition coefficient (Wildman–Crippen LogP) is 0.931. The summed E-state index contributed by atoms with van der Waals surface area (Å²) in [7, 11) is 0. The fourth-order valence-corrected chi connectivity index (χ4v) is 0.248. The van der Waals surface area contributed by atoms with Crippen molar-refractivity contribution in [3.63, 3.8) is 0 Å². The second-order valence-electron chi connectivity index (χ2n) is 1.12. The largest absolute Gasteiger partial charge is 0.297 e. The van der Waals surface area contributed by atoms with Crippen LogP contribution in [0.1, 0.15) is 0 Å². The molecule has 0 aliphatic rings. The van der Waals surface area contributed by atoms with Crippen molar-refractivity contribution in [2.45, 2.75) is 0 Å². The molecule has 0 aliphatic carbocycles. The number of hydrogen-bond donors (Lipinski definition) is 0. The SMILES string of the molecule is C#C/C(C=O)=C\C=C. The highest BCUT2D eigenvalue weighted by Crippen LogP contribution is 1.83. The molecule has 1 heteroatoms. The zero-order chi connectivity index (χ0) is 6.41. The molecular formula is C7H6O. The molecule has 0 radical (unpaired) electrons. The van der Waals surface area contributed by atoms with Gasteiger partial charge in [-0.3, -0.25) is 4.79 Å². The molecule has 1 nitrogen and oxygen atoms in total. The highest BCUT2D eigenvalue weighted by molar-refractivity contribution is 5.80. The fourth-order valence-electron chi connectivity index (χ4n) is 0.248. The van der Waals surface area contributed by atoms with Crippen molar-refractivity contribution in [2.75, 3.05) is 0 Å². The first kappa shape index (κ1) is 6.71. The Hall–Kier alpha value is -1.29. The molecule has 40 valence electrons. The Morgan fingerprint density at radius 1 is 1.75 bits per heavy atom. The Bertz CT molecular complexity index is 158. The number of hydrogen-bond acceptors (Lipinski definition) is 1. The lowest BCUT2D eigenvalue weighted by atomic mass is 10.3. The Kier molecular flexibility index (Phi) is 3.26. The van der Waals surface area contributed by atoms with Gasteiger partial charge < -0.3 is 0 Å². The third-order valence-corrected chi connectivity index (χ3v) is 0.591. The van der Waals surface area contributed by atoms with Crippen LogP contribution in [0.5, 0.6) is 0 Å². The summed E-state index contributed by atoms with van der Waals surface area (Å²) < 4.78 is 0. The molecule has 0 saturated heterocycles. The van der Waals surface area contributed by atoms with Gasteiger partial charge >= 0.3 is 0 Å². The number of carbonyl (C=O) groups is 1. The maximum atomic E-state index is 9.87. The quantitative estimate of drug-likeness (QED) is 0.221. The Morgan fingerprint density at radius 2 is 2.38 bits per heavy atom. The Labute approximate surface area is 48.7 Å². The van der Waals surface area contributed by atoms with Crippen molar-refractivity contribution in [1.29, 1.82) is 0 Å². The minimum Gasteiger partial charge on any atom is -0.297 e. The Balaban J connectivity index is 4.12. The van der Waals surface area contributed by atoms with E-state index in [-0.39, 0.29) is 0 Å². The molecule has 0 bridgehead atoms. The minimum atomic E-state index is 0.319. The van der Waals surface area contributed by atoms with E-state index in [0.717, 1.165) is 0 Å². The maximum Gasteiger partial charge on any atom is 0.158 e. The first-order valence-corrected chi connectivity index (χ1v) is 2.09. The molecule has 8 heavy (non-hydrogen) atoms. The summed E-state index contributed by atoms with van der Waals surface area (Å²) in [4.78, 5) is 9.87. The third-order valence-electron chi connectivity index (χ3n) is 0.591. The first-order valence-electron chi connectivity index (χ1n) is 2.09. The number of rotatable bonds is 2. The standard InChI is InChI=1S/C7H6O/c1-3-5-7(4-2)6-8/h2-3,5-6H,1H2/b7-5+. The zero-order valence-electron chi connectivity index (χ0n) is 4.42. The van der Waals surface area contributed by atoms with E-state index in [4.69, 9.17) is 6.42 Å². The third kappa shape index (κ3) is 1.99. The van der Waals surface area contributed by atoms with Gasteiger partial charge in [-0.1, -0.05) is 18.6 Å². The lowest BCUT2D eigenvalue weighted by Crippen LogP contribution is -1.74. The molecule has 0 N–H and O–H groups in total. The van der Waals surface area contributed by atoms with E-state index in [1.807, 2.05) is 0 Å². The van der Waals surface area contributed by atoms with Gasteiger partial charge in [-0.15, -0.1) is 6.42 Å². The van der Waals surface area contributed by atoms with E-state index >= 15 is 0 Å². The van der Waals surface area contributed by atoms with Gasteiger partial charge in [-0.2, -0.15) is 0 Å². The van der Waals surface area contributed by atoms with Gasteiger partial charge in [-0.25, -0.2) is 0 Å². The van der Waals surface area contributed by atoms with Crippen molar-refractivity contribution >= 4 is 6.29 Å². The summed E-state index contributed by atoms with van der Waals surface area (Å²) in [6.45, 7) is 3.37. The normalized spacial score (nSPS) is 9.62. The van der Waals surface area contributed by atoms with Gasteiger partial charge in [0, 0.05) is 0 Å². The second kappa shape index (κ2) is 3.89. The number of allylic oxidation sites excluding steroid dienone is 3. The predicted molar refractivity (Wildman–Crippen MR) is 33.2 cm³/mol. The molecule has 0 fully saturated rings. The van der Waals surface area contributed by atoms with Gasteiger partial charge in [0.1, 0.15) is 0 Å². The summed E-state index contributed by atoms with van der Waals surface area (Å²) in [5.74, 6) is 2.17. The van der Waals surface area contributed by atoms with E-state index < -0.39 is 0 Å². The summed E-state index contributed by atoms with van der Waals surface area (Å²) in [6, 6.07) is 0.